The van der Waals surface area contributed by atoms with Crippen molar-refractivity contribution in [1.29, 1.82) is 0 Å². The van der Waals surface area contributed by atoms with Crippen LogP contribution in [-0.4, -0.2) is 93.6 Å². The fourth-order valence-electron chi connectivity index (χ4n) is 7.95. The number of ether oxygens (including phenoxy) is 5. The number of epoxide rings is 1. The Morgan fingerprint density at radius 3 is 1.82 bits per heavy atom. The van der Waals surface area contributed by atoms with Crippen molar-refractivity contribution >= 4 is 23.9 Å². The first kappa shape index (κ1) is 30.4. The zero-order chi connectivity index (χ0) is 30.2. The van der Waals surface area contributed by atoms with Crippen molar-refractivity contribution in [3.63, 3.8) is 0 Å². The standard InChI is InChI=1S/C28H40O12/c1-12-17(37-13(2)29)10-28(40-16(5)32)24(39-15(4)31)22-26(8,18(33)9-19(34)27(22)11-36-27)23(38-14(3)30)21(35)20(12)25(28,6)7/h17-19,21-24,33-35H,9-11H2,1-8H3/t17-,18-,19-,21-,22-,23+,24-,26+,27+,28+/m0/s1. The van der Waals surface area contributed by atoms with Crippen LogP contribution in [0, 0.1) is 16.7 Å². The van der Waals surface area contributed by atoms with Crippen molar-refractivity contribution < 1.29 is 58.2 Å². The van der Waals surface area contributed by atoms with Gasteiger partial charge in [0.1, 0.15) is 30.0 Å². The first-order valence-corrected chi connectivity index (χ1v) is 13.5. The van der Waals surface area contributed by atoms with E-state index in [-0.39, 0.29) is 25.0 Å². The van der Waals surface area contributed by atoms with Crippen molar-refractivity contribution in [2.75, 3.05) is 6.61 Å². The van der Waals surface area contributed by atoms with E-state index >= 15 is 0 Å². The van der Waals surface area contributed by atoms with E-state index in [4.69, 9.17) is 23.7 Å². The first-order chi connectivity index (χ1) is 18.4. The number of rotatable bonds is 4. The molecular formula is C28H40O12. The average molecular weight is 569 g/mol. The molecule has 1 aliphatic heterocycles. The second-order valence-corrected chi connectivity index (χ2v) is 12.4. The lowest BCUT2D eigenvalue weighted by molar-refractivity contribution is -0.284. The third kappa shape index (κ3) is 4.26. The van der Waals surface area contributed by atoms with Gasteiger partial charge in [0.15, 0.2) is 5.60 Å². The second-order valence-electron chi connectivity index (χ2n) is 12.4. The molecule has 0 aromatic heterocycles. The van der Waals surface area contributed by atoms with Gasteiger partial charge in [-0.15, -0.1) is 0 Å². The highest BCUT2D eigenvalue weighted by atomic mass is 16.6. The van der Waals surface area contributed by atoms with Crippen LogP contribution in [0.3, 0.4) is 0 Å². The van der Waals surface area contributed by atoms with Crippen molar-refractivity contribution in [3.8, 4) is 0 Å². The minimum absolute atomic E-state index is 0.00741. The maximum absolute atomic E-state index is 12.8. The van der Waals surface area contributed by atoms with Gasteiger partial charge in [0.2, 0.25) is 0 Å². The van der Waals surface area contributed by atoms with E-state index in [2.05, 4.69) is 0 Å². The van der Waals surface area contributed by atoms with Gasteiger partial charge < -0.3 is 39.0 Å². The van der Waals surface area contributed by atoms with E-state index in [9.17, 15) is 34.5 Å². The number of aliphatic hydroxyl groups is 3. The lowest BCUT2D eigenvalue weighted by Gasteiger charge is -2.64. The van der Waals surface area contributed by atoms with Crippen molar-refractivity contribution in [3.05, 3.63) is 11.1 Å². The maximum Gasteiger partial charge on any atom is 0.303 e. The number of carbonyl (C=O) groups excluding carboxylic acids is 4. The summed E-state index contributed by atoms with van der Waals surface area (Å²) in [5.74, 6) is -4.02. The molecule has 1 saturated heterocycles. The largest absolute Gasteiger partial charge is 0.459 e. The van der Waals surface area contributed by atoms with E-state index in [1.165, 1.54) is 27.7 Å². The molecule has 2 bridgehead atoms. The number of carbonyl (C=O) groups is 4. The summed E-state index contributed by atoms with van der Waals surface area (Å²) in [6, 6.07) is 0. The molecule has 0 aromatic carbocycles. The number of aliphatic hydroxyl groups excluding tert-OH is 3. The summed E-state index contributed by atoms with van der Waals surface area (Å²) >= 11 is 0. The van der Waals surface area contributed by atoms with Gasteiger partial charge in [-0.25, -0.2) is 0 Å². The fraction of sp³-hybridized carbons (Fsp3) is 0.786. The summed E-state index contributed by atoms with van der Waals surface area (Å²) in [6.45, 7) is 11.4. The zero-order valence-corrected chi connectivity index (χ0v) is 24.2. The monoisotopic (exact) mass is 568 g/mol. The summed E-state index contributed by atoms with van der Waals surface area (Å²) in [5, 5.41) is 35.0. The third-order valence-electron chi connectivity index (χ3n) is 9.71. The van der Waals surface area contributed by atoms with E-state index in [1.54, 1.807) is 27.7 Å². The minimum atomic E-state index is -1.79. The lowest BCUT2D eigenvalue weighted by atomic mass is 9.45. The molecule has 0 radical (unpaired) electrons. The van der Waals surface area contributed by atoms with Gasteiger partial charge in [-0.05, 0) is 18.1 Å². The smallest absolute Gasteiger partial charge is 0.303 e. The van der Waals surface area contributed by atoms with E-state index in [1.807, 2.05) is 0 Å². The molecule has 3 aliphatic carbocycles. The van der Waals surface area contributed by atoms with Crippen molar-refractivity contribution in [2.24, 2.45) is 16.7 Å². The molecule has 2 saturated carbocycles. The van der Waals surface area contributed by atoms with Crippen LogP contribution >= 0.6 is 0 Å². The molecule has 4 rings (SSSR count). The molecule has 0 unspecified atom stereocenters. The second kappa shape index (κ2) is 9.78. The molecule has 1 spiro atoms. The average Bonchev–Trinajstić information content (AvgIpc) is 3.58. The molecule has 1 heterocycles. The van der Waals surface area contributed by atoms with Crippen LogP contribution in [0.5, 0.6) is 0 Å². The van der Waals surface area contributed by atoms with E-state index < -0.39 is 88.5 Å². The molecular weight excluding hydrogens is 528 g/mol. The molecule has 40 heavy (non-hydrogen) atoms. The van der Waals surface area contributed by atoms with Gasteiger partial charge in [0.05, 0.1) is 18.8 Å². The molecule has 12 heteroatoms. The predicted octanol–water partition coefficient (Wildman–Crippen LogP) is 0.721. The van der Waals surface area contributed by atoms with Crippen molar-refractivity contribution in [2.45, 2.75) is 116 Å². The lowest BCUT2D eigenvalue weighted by Crippen LogP contribution is -2.76. The van der Waals surface area contributed by atoms with Crippen LogP contribution in [0.15, 0.2) is 11.1 Å². The van der Waals surface area contributed by atoms with Gasteiger partial charge in [0, 0.05) is 57.3 Å². The number of hydrogen-bond donors (Lipinski definition) is 3. The van der Waals surface area contributed by atoms with Gasteiger partial charge >= 0.3 is 23.9 Å². The highest BCUT2D eigenvalue weighted by Crippen LogP contribution is 2.66. The Kier molecular flexibility index (Phi) is 7.44. The Morgan fingerprint density at radius 1 is 0.825 bits per heavy atom. The van der Waals surface area contributed by atoms with Crippen LogP contribution in [0.4, 0.5) is 0 Å². The fourth-order valence-corrected chi connectivity index (χ4v) is 7.95. The molecule has 0 amide bonds. The van der Waals surface area contributed by atoms with Crippen LogP contribution < -0.4 is 0 Å². The van der Waals surface area contributed by atoms with Gasteiger partial charge in [-0.3, -0.25) is 19.2 Å². The number of hydrogen-bond acceptors (Lipinski definition) is 12. The van der Waals surface area contributed by atoms with Gasteiger partial charge in [-0.1, -0.05) is 20.8 Å². The maximum atomic E-state index is 12.8. The first-order valence-electron chi connectivity index (χ1n) is 13.5. The molecule has 3 fully saturated rings. The summed E-state index contributed by atoms with van der Waals surface area (Å²) in [6.07, 6.45) is -8.38. The van der Waals surface area contributed by atoms with Crippen LogP contribution in [0.25, 0.3) is 0 Å². The molecule has 10 atom stereocenters. The van der Waals surface area contributed by atoms with Crippen LogP contribution in [0.2, 0.25) is 0 Å². The van der Waals surface area contributed by atoms with E-state index in [0.717, 1.165) is 0 Å². The predicted molar refractivity (Wildman–Crippen MR) is 135 cm³/mol. The Labute approximate surface area is 232 Å². The molecule has 224 valence electrons. The summed E-state index contributed by atoms with van der Waals surface area (Å²) < 4.78 is 29.5. The zero-order valence-electron chi connectivity index (χ0n) is 24.2. The Hall–Kier alpha value is -2.54. The highest BCUT2D eigenvalue weighted by molar-refractivity contribution is 5.70. The SMILES string of the molecule is CC(=O)O[C@H]1C[C@@]2(OC(C)=O)[C@@H](OC(C)=O)[C@@H]3[C@@]4(CO4)[C@@H](O)C[C@H](O)[C@@]3(C)[C@H](OC(C)=O)[C@@H](O)C(=C1C)C2(C)C. The normalized spacial score (nSPS) is 43.5. The number of fused-ring (bicyclic) bond motifs is 4. The molecule has 4 aliphatic rings. The minimum Gasteiger partial charge on any atom is -0.459 e. The summed E-state index contributed by atoms with van der Waals surface area (Å²) in [5.41, 5.74) is -5.38. The third-order valence-corrected chi connectivity index (χ3v) is 9.71. The van der Waals surface area contributed by atoms with E-state index in [0.29, 0.717) is 5.57 Å². The topological polar surface area (TPSA) is 178 Å². The molecule has 0 aromatic rings. The Bertz CT molecular complexity index is 1140. The van der Waals surface area contributed by atoms with Crippen LogP contribution in [-0.2, 0) is 42.9 Å². The van der Waals surface area contributed by atoms with Gasteiger partial charge in [0.25, 0.3) is 0 Å². The quantitative estimate of drug-likeness (QED) is 0.188. The Morgan fingerprint density at radius 2 is 1.35 bits per heavy atom. The van der Waals surface area contributed by atoms with Crippen LogP contribution in [0.1, 0.15) is 68.2 Å². The highest BCUT2D eigenvalue weighted by Gasteiger charge is 2.79. The summed E-state index contributed by atoms with van der Waals surface area (Å²) in [7, 11) is 0. The summed E-state index contributed by atoms with van der Waals surface area (Å²) in [4.78, 5) is 50.3. The number of esters is 4. The van der Waals surface area contributed by atoms with Crippen molar-refractivity contribution in [1.82, 2.24) is 0 Å². The van der Waals surface area contributed by atoms with Gasteiger partial charge in [-0.2, -0.15) is 0 Å². The molecule has 12 nitrogen and oxygen atoms in total. The molecule has 3 N–H and O–H groups in total. The Balaban J connectivity index is 2.16.